The van der Waals surface area contributed by atoms with Gasteiger partial charge >= 0.3 is 0 Å². The number of likely N-dealkylation sites (N-methyl/N-ethyl adjacent to an activating group) is 1. The van der Waals surface area contributed by atoms with Gasteiger partial charge in [-0.1, -0.05) is 6.92 Å². The molecule has 0 aliphatic carbocycles. The van der Waals surface area contributed by atoms with E-state index in [-0.39, 0.29) is 11.4 Å². The molecule has 0 radical (unpaired) electrons. The van der Waals surface area contributed by atoms with E-state index < -0.39 is 0 Å². The third-order valence-corrected chi connectivity index (χ3v) is 4.52. The zero-order chi connectivity index (χ0) is 13.0. The highest BCUT2D eigenvalue weighted by Gasteiger charge is 2.34. The summed E-state index contributed by atoms with van der Waals surface area (Å²) in [5.74, 6) is 0.185. The van der Waals surface area contributed by atoms with Gasteiger partial charge in [-0.05, 0) is 58.7 Å². The fourth-order valence-electron chi connectivity index (χ4n) is 3.20. The van der Waals surface area contributed by atoms with Gasteiger partial charge in [-0.3, -0.25) is 9.69 Å². The van der Waals surface area contributed by atoms with E-state index in [1.165, 1.54) is 25.8 Å². The van der Waals surface area contributed by atoms with Crippen molar-refractivity contribution in [1.29, 1.82) is 0 Å². The number of piperidine rings is 1. The van der Waals surface area contributed by atoms with Gasteiger partial charge in [-0.2, -0.15) is 0 Å². The van der Waals surface area contributed by atoms with Crippen molar-refractivity contribution in [2.75, 3.05) is 26.2 Å². The number of rotatable bonds is 4. The number of hydrogen-bond acceptors (Lipinski definition) is 3. The van der Waals surface area contributed by atoms with Crippen molar-refractivity contribution in [2.24, 2.45) is 0 Å². The van der Waals surface area contributed by atoms with Crippen LogP contribution < -0.4 is 10.6 Å². The number of nitrogens with one attached hydrogen (secondary N) is 2. The lowest BCUT2D eigenvalue weighted by molar-refractivity contribution is -0.128. The van der Waals surface area contributed by atoms with E-state index in [9.17, 15) is 4.79 Å². The molecule has 4 nitrogen and oxygen atoms in total. The minimum atomic E-state index is -0.339. The maximum Gasteiger partial charge on any atom is 0.240 e. The summed E-state index contributed by atoms with van der Waals surface area (Å²) in [6.45, 7) is 8.29. The molecule has 18 heavy (non-hydrogen) atoms. The molecule has 104 valence electrons. The minimum Gasteiger partial charge on any atom is -0.353 e. The molecule has 2 saturated heterocycles. The summed E-state index contributed by atoms with van der Waals surface area (Å²) in [7, 11) is 0. The highest BCUT2D eigenvalue weighted by molar-refractivity contribution is 5.86. The second-order valence-corrected chi connectivity index (χ2v) is 5.85. The molecule has 0 spiro atoms. The van der Waals surface area contributed by atoms with E-state index in [1.54, 1.807) is 0 Å². The second kappa shape index (κ2) is 6.02. The number of likely N-dealkylation sites (tertiary alicyclic amines) is 1. The molecule has 2 heterocycles. The Morgan fingerprint density at radius 2 is 2.28 bits per heavy atom. The molecule has 0 bridgehead atoms. The zero-order valence-electron chi connectivity index (χ0n) is 11.8. The summed E-state index contributed by atoms with van der Waals surface area (Å²) >= 11 is 0. The van der Waals surface area contributed by atoms with E-state index in [4.69, 9.17) is 0 Å². The van der Waals surface area contributed by atoms with Crippen LogP contribution >= 0.6 is 0 Å². The van der Waals surface area contributed by atoms with Crippen molar-refractivity contribution in [3.8, 4) is 0 Å². The van der Waals surface area contributed by atoms with Crippen LogP contribution in [0, 0.1) is 0 Å². The van der Waals surface area contributed by atoms with Crippen LogP contribution in [0.15, 0.2) is 0 Å². The largest absolute Gasteiger partial charge is 0.353 e. The van der Waals surface area contributed by atoms with Crippen LogP contribution in [0.4, 0.5) is 0 Å². The Morgan fingerprint density at radius 3 is 2.94 bits per heavy atom. The van der Waals surface area contributed by atoms with Crippen LogP contribution in [0.1, 0.15) is 46.0 Å². The highest BCUT2D eigenvalue weighted by atomic mass is 16.2. The van der Waals surface area contributed by atoms with Crippen molar-refractivity contribution in [2.45, 2.75) is 57.5 Å². The standard InChI is InChI=1S/C14H27N3O/c1-3-17-10-6-7-12(17)11-15-13(18)14(2)8-4-5-9-16-14/h12,16H,3-11H2,1-2H3,(H,15,18). The van der Waals surface area contributed by atoms with Gasteiger partial charge in [-0.25, -0.2) is 0 Å². The molecule has 1 amide bonds. The van der Waals surface area contributed by atoms with E-state index in [0.717, 1.165) is 32.5 Å². The first-order valence-corrected chi connectivity index (χ1v) is 7.43. The van der Waals surface area contributed by atoms with Crippen LogP contribution in [0.25, 0.3) is 0 Å². The molecule has 0 saturated carbocycles. The second-order valence-electron chi connectivity index (χ2n) is 5.85. The third-order valence-electron chi connectivity index (χ3n) is 4.52. The Bertz CT molecular complexity index is 287. The van der Waals surface area contributed by atoms with Gasteiger partial charge in [0.05, 0.1) is 5.54 Å². The van der Waals surface area contributed by atoms with E-state index in [2.05, 4.69) is 22.5 Å². The zero-order valence-corrected chi connectivity index (χ0v) is 11.8. The normalized spacial score (nSPS) is 33.6. The number of hydrogen-bond donors (Lipinski definition) is 2. The third kappa shape index (κ3) is 3.04. The van der Waals surface area contributed by atoms with Gasteiger partial charge < -0.3 is 10.6 Å². The fourth-order valence-corrected chi connectivity index (χ4v) is 3.20. The van der Waals surface area contributed by atoms with Crippen LogP contribution in [0.3, 0.4) is 0 Å². The Labute approximate surface area is 110 Å². The average molecular weight is 253 g/mol. The smallest absolute Gasteiger partial charge is 0.240 e. The first-order valence-electron chi connectivity index (χ1n) is 7.43. The van der Waals surface area contributed by atoms with Gasteiger partial charge in [0, 0.05) is 12.6 Å². The molecule has 2 aliphatic rings. The number of amides is 1. The molecule has 0 aromatic rings. The summed E-state index contributed by atoms with van der Waals surface area (Å²) in [5, 5.41) is 6.53. The lowest BCUT2D eigenvalue weighted by Crippen LogP contribution is -2.58. The Kier molecular flexibility index (Phi) is 4.62. The maximum atomic E-state index is 12.3. The van der Waals surface area contributed by atoms with Crippen molar-refractivity contribution >= 4 is 5.91 Å². The molecule has 0 aromatic heterocycles. The summed E-state index contributed by atoms with van der Waals surface area (Å²) in [5.41, 5.74) is -0.339. The highest BCUT2D eigenvalue weighted by Crippen LogP contribution is 2.20. The van der Waals surface area contributed by atoms with Gasteiger partial charge in [0.1, 0.15) is 0 Å². The van der Waals surface area contributed by atoms with Crippen LogP contribution in [0.2, 0.25) is 0 Å². The molecule has 2 unspecified atom stereocenters. The first kappa shape index (κ1) is 13.8. The van der Waals surface area contributed by atoms with Crippen molar-refractivity contribution in [1.82, 2.24) is 15.5 Å². The van der Waals surface area contributed by atoms with Gasteiger partial charge in [0.2, 0.25) is 5.91 Å². The SMILES string of the molecule is CCN1CCCC1CNC(=O)C1(C)CCCCN1. The van der Waals surface area contributed by atoms with Gasteiger partial charge in [0.15, 0.2) is 0 Å². The molecular formula is C14H27N3O. The van der Waals surface area contributed by atoms with Crippen LogP contribution in [-0.2, 0) is 4.79 Å². The van der Waals surface area contributed by atoms with E-state index in [0.29, 0.717) is 6.04 Å². The van der Waals surface area contributed by atoms with Gasteiger partial charge in [-0.15, -0.1) is 0 Å². The first-order chi connectivity index (χ1) is 8.65. The van der Waals surface area contributed by atoms with Crippen molar-refractivity contribution in [3.63, 3.8) is 0 Å². The molecule has 2 atom stereocenters. The van der Waals surface area contributed by atoms with E-state index >= 15 is 0 Å². The molecule has 0 aromatic carbocycles. The number of carbonyl (C=O) groups excluding carboxylic acids is 1. The topological polar surface area (TPSA) is 44.4 Å². The number of nitrogens with zero attached hydrogens (tertiary/aromatic N) is 1. The van der Waals surface area contributed by atoms with E-state index in [1.807, 2.05) is 6.92 Å². The Balaban J connectivity index is 1.80. The summed E-state index contributed by atoms with van der Waals surface area (Å²) in [6, 6.07) is 0.547. The maximum absolute atomic E-state index is 12.3. The predicted molar refractivity (Wildman–Crippen MR) is 73.5 cm³/mol. The Hall–Kier alpha value is -0.610. The number of carbonyl (C=O) groups is 1. The molecule has 2 rings (SSSR count). The summed E-state index contributed by atoms with van der Waals surface area (Å²) in [4.78, 5) is 14.7. The quantitative estimate of drug-likeness (QED) is 0.789. The Morgan fingerprint density at radius 1 is 1.44 bits per heavy atom. The average Bonchev–Trinajstić information content (AvgIpc) is 2.84. The van der Waals surface area contributed by atoms with Crippen LogP contribution in [-0.4, -0.2) is 48.6 Å². The van der Waals surface area contributed by atoms with Crippen LogP contribution in [0.5, 0.6) is 0 Å². The van der Waals surface area contributed by atoms with Gasteiger partial charge in [0.25, 0.3) is 0 Å². The molecule has 4 heteroatoms. The summed E-state index contributed by atoms with van der Waals surface area (Å²) < 4.78 is 0. The molecular weight excluding hydrogens is 226 g/mol. The fraction of sp³-hybridized carbons (Fsp3) is 0.929. The minimum absolute atomic E-state index is 0.185. The van der Waals surface area contributed by atoms with Crippen molar-refractivity contribution < 1.29 is 4.79 Å². The monoisotopic (exact) mass is 253 g/mol. The lowest BCUT2D eigenvalue weighted by atomic mass is 9.90. The van der Waals surface area contributed by atoms with Crippen molar-refractivity contribution in [3.05, 3.63) is 0 Å². The molecule has 2 aliphatic heterocycles. The molecule has 2 N–H and O–H groups in total. The predicted octanol–water partition coefficient (Wildman–Crippen LogP) is 1.12. The lowest BCUT2D eigenvalue weighted by Gasteiger charge is -2.34. The molecule has 2 fully saturated rings. The summed E-state index contributed by atoms with van der Waals surface area (Å²) in [6.07, 6.45) is 5.79.